The highest BCUT2D eigenvalue weighted by molar-refractivity contribution is 5.98. The molecule has 0 radical (unpaired) electrons. The molecule has 1 aromatic carbocycles. The second kappa shape index (κ2) is 3.18. The van der Waals surface area contributed by atoms with Gasteiger partial charge in [0.25, 0.3) is 5.91 Å². The van der Waals surface area contributed by atoms with Crippen LogP contribution in [0.15, 0.2) is 18.2 Å². The summed E-state index contributed by atoms with van der Waals surface area (Å²) in [6, 6.07) is 5.80. The third-order valence-corrected chi connectivity index (χ3v) is 2.36. The molecule has 3 N–H and O–H groups in total. The van der Waals surface area contributed by atoms with E-state index in [4.69, 9.17) is 5.73 Å². The molecule has 68 valence electrons. The Balaban J connectivity index is 2.44. The molecule has 1 aliphatic rings. The van der Waals surface area contributed by atoms with Crippen LogP contribution in [0.1, 0.15) is 21.5 Å². The van der Waals surface area contributed by atoms with Gasteiger partial charge in [-0.2, -0.15) is 0 Å². The zero-order valence-electron chi connectivity index (χ0n) is 7.34. The van der Waals surface area contributed by atoms with Crippen LogP contribution in [0.25, 0.3) is 0 Å². The molecular formula is C10H12N2O. The first-order valence-corrected chi connectivity index (χ1v) is 4.42. The molecule has 1 aromatic rings. The van der Waals surface area contributed by atoms with Crippen molar-refractivity contribution in [3.63, 3.8) is 0 Å². The normalized spacial score (nSPS) is 14.1. The van der Waals surface area contributed by atoms with Crippen LogP contribution in [-0.4, -0.2) is 12.5 Å². The fourth-order valence-electron chi connectivity index (χ4n) is 1.71. The quantitative estimate of drug-likeness (QED) is 0.686. The largest absolute Gasteiger partial charge is 0.348 e. The zero-order valence-corrected chi connectivity index (χ0v) is 7.34. The van der Waals surface area contributed by atoms with Crippen molar-refractivity contribution in [3.8, 4) is 0 Å². The standard InChI is InChI=1S/C10H12N2O/c11-5-4-7-2-1-3-8-9(7)6-12-10(8)13/h1-3H,4-6,11H2,(H,12,13). The van der Waals surface area contributed by atoms with E-state index < -0.39 is 0 Å². The van der Waals surface area contributed by atoms with Crippen molar-refractivity contribution in [2.45, 2.75) is 13.0 Å². The molecule has 0 aliphatic carbocycles. The van der Waals surface area contributed by atoms with Crippen LogP contribution in [0.3, 0.4) is 0 Å². The summed E-state index contributed by atoms with van der Waals surface area (Å²) in [5.74, 6) is 0.0360. The van der Waals surface area contributed by atoms with E-state index in [1.54, 1.807) is 0 Å². The first kappa shape index (κ1) is 8.26. The van der Waals surface area contributed by atoms with E-state index >= 15 is 0 Å². The summed E-state index contributed by atoms with van der Waals surface area (Å²) in [6.07, 6.45) is 0.845. The van der Waals surface area contributed by atoms with E-state index in [1.807, 2.05) is 18.2 Å². The van der Waals surface area contributed by atoms with Gasteiger partial charge in [-0.25, -0.2) is 0 Å². The Morgan fingerprint density at radius 3 is 3.08 bits per heavy atom. The van der Waals surface area contributed by atoms with Gasteiger partial charge in [-0.15, -0.1) is 0 Å². The summed E-state index contributed by atoms with van der Waals surface area (Å²) >= 11 is 0. The minimum Gasteiger partial charge on any atom is -0.348 e. The lowest BCUT2D eigenvalue weighted by Crippen LogP contribution is -2.12. The first-order chi connectivity index (χ1) is 6.33. The molecule has 0 fully saturated rings. The van der Waals surface area contributed by atoms with Crippen LogP contribution >= 0.6 is 0 Å². The van der Waals surface area contributed by atoms with Crippen molar-refractivity contribution >= 4 is 5.91 Å². The molecule has 2 rings (SSSR count). The maximum atomic E-state index is 11.3. The maximum Gasteiger partial charge on any atom is 0.251 e. The third-order valence-electron chi connectivity index (χ3n) is 2.36. The smallest absolute Gasteiger partial charge is 0.251 e. The van der Waals surface area contributed by atoms with Crippen molar-refractivity contribution in [1.29, 1.82) is 0 Å². The summed E-state index contributed by atoms with van der Waals surface area (Å²) in [4.78, 5) is 11.3. The number of nitrogens with one attached hydrogen (secondary N) is 1. The number of fused-ring (bicyclic) bond motifs is 1. The van der Waals surface area contributed by atoms with Crippen molar-refractivity contribution in [2.24, 2.45) is 5.73 Å². The van der Waals surface area contributed by atoms with Crippen LogP contribution in [0, 0.1) is 0 Å². The molecule has 1 aliphatic heterocycles. The highest BCUT2D eigenvalue weighted by atomic mass is 16.1. The molecular weight excluding hydrogens is 164 g/mol. The summed E-state index contributed by atoms with van der Waals surface area (Å²) in [5, 5.41) is 2.80. The molecule has 0 unspecified atom stereocenters. The fourth-order valence-corrected chi connectivity index (χ4v) is 1.71. The van der Waals surface area contributed by atoms with Crippen LogP contribution in [0.4, 0.5) is 0 Å². The van der Waals surface area contributed by atoms with E-state index in [9.17, 15) is 4.79 Å². The van der Waals surface area contributed by atoms with Crippen molar-refractivity contribution in [3.05, 3.63) is 34.9 Å². The highest BCUT2D eigenvalue weighted by Gasteiger charge is 2.20. The summed E-state index contributed by atoms with van der Waals surface area (Å²) in [6.45, 7) is 1.29. The van der Waals surface area contributed by atoms with E-state index in [0.717, 1.165) is 17.5 Å². The van der Waals surface area contributed by atoms with Crippen molar-refractivity contribution < 1.29 is 4.79 Å². The Labute approximate surface area is 76.9 Å². The molecule has 0 aromatic heterocycles. The van der Waals surface area contributed by atoms with E-state index in [0.29, 0.717) is 13.1 Å². The highest BCUT2D eigenvalue weighted by Crippen LogP contribution is 2.19. The molecule has 3 heteroatoms. The molecule has 0 saturated carbocycles. The van der Waals surface area contributed by atoms with Gasteiger partial charge >= 0.3 is 0 Å². The Morgan fingerprint density at radius 2 is 2.31 bits per heavy atom. The van der Waals surface area contributed by atoms with Gasteiger partial charge in [0.15, 0.2) is 0 Å². The monoisotopic (exact) mass is 176 g/mol. The number of nitrogens with two attached hydrogens (primary N) is 1. The molecule has 3 nitrogen and oxygen atoms in total. The Hall–Kier alpha value is -1.35. The second-order valence-electron chi connectivity index (χ2n) is 3.16. The second-order valence-corrected chi connectivity index (χ2v) is 3.16. The van der Waals surface area contributed by atoms with Crippen LogP contribution < -0.4 is 11.1 Å². The lowest BCUT2D eigenvalue weighted by molar-refractivity contribution is 0.0966. The minimum atomic E-state index is 0.0360. The average Bonchev–Trinajstić information content (AvgIpc) is 2.50. The van der Waals surface area contributed by atoms with Gasteiger partial charge < -0.3 is 11.1 Å². The van der Waals surface area contributed by atoms with Crippen LogP contribution in [0.5, 0.6) is 0 Å². The van der Waals surface area contributed by atoms with E-state index in [1.165, 1.54) is 5.56 Å². The number of benzene rings is 1. The van der Waals surface area contributed by atoms with Crippen molar-refractivity contribution in [2.75, 3.05) is 6.54 Å². The third kappa shape index (κ3) is 1.31. The topological polar surface area (TPSA) is 55.1 Å². The summed E-state index contributed by atoms with van der Waals surface area (Å²) in [5.41, 5.74) is 8.61. The Bertz CT molecular complexity index is 347. The molecule has 0 spiro atoms. The number of hydrogen-bond donors (Lipinski definition) is 2. The number of hydrogen-bond acceptors (Lipinski definition) is 2. The lowest BCUT2D eigenvalue weighted by atomic mass is 10.0. The number of rotatable bonds is 2. The zero-order chi connectivity index (χ0) is 9.26. The van der Waals surface area contributed by atoms with Gasteiger partial charge in [0.1, 0.15) is 0 Å². The van der Waals surface area contributed by atoms with Crippen molar-refractivity contribution in [1.82, 2.24) is 5.32 Å². The lowest BCUT2D eigenvalue weighted by Gasteiger charge is -2.03. The van der Waals surface area contributed by atoms with Crippen LogP contribution in [0.2, 0.25) is 0 Å². The molecule has 13 heavy (non-hydrogen) atoms. The summed E-state index contributed by atoms with van der Waals surface area (Å²) in [7, 11) is 0. The van der Waals surface area contributed by atoms with Crippen LogP contribution in [-0.2, 0) is 13.0 Å². The van der Waals surface area contributed by atoms with Gasteiger partial charge in [-0.1, -0.05) is 12.1 Å². The van der Waals surface area contributed by atoms with Gasteiger partial charge in [-0.3, -0.25) is 4.79 Å². The minimum absolute atomic E-state index is 0.0360. The number of amides is 1. The number of carbonyl (C=O) groups excluding carboxylic acids is 1. The maximum absolute atomic E-state index is 11.3. The predicted octanol–water partition coefficient (Wildman–Crippen LogP) is 0.431. The fraction of sp³-hybridized carbons (Fsp3) is 0.300. The van der Waals surface area contributed by atoms with E-state index in [2.05, 4.69) is 5.32 Å². The SMILES string of the molecule is NCCc1cccc2c1CNC2=O. The Kier molecular flexibility index (Phi) is 2.02. The average molecular weight is 176 g/mol. The molecule has 0 bridgehead atoms. The summed E-state index contributed by atoms with van der Waals surface area (Å²) < 4.78 is 0. The van der Waals surface area contributed by atoms with Gasteiger partial charge in [-0.05, 0) is 30.2 Å². The van der Waals surface area contributed by atoms with Gasteiger partial charge in [0.05, 0.1) is 0 Å². The first-order valence-electron chi connectivity index (χ1n) is 4.42. The predicted molar refractivity (Wildman–Crippen MR) is 50.4 cm³/mol. The van der Waals surface area contributed by atoms with E-state index in [-0.39, 0.29) is 5.91 Å². The van der Waals surface area contributed by atoms with Gasteiger partial charge in [0, 0.05) is 12.1 Å². The Morgan fingerprint density at radius 1 is 1.46 bits per heavy atom. The number of carbonyl (C=O) groups is 1. The molecule has 1 heterocycles. The van der Waals surface area contributed by atoms with Gasteiger partial charge in [0.2, 0.25) is 0 Å². The molecule has 1 amide bonds. The molecule has 0 saturated heterocycles. The molecule has 0 atom stereocenters.